The molecular weight excluding hydrogens is 364 g/mol. The van der Waals surface area contributed by atoms with E-state index in [1.807, 2.05) is 0 Å². The fourth-order valence-electron chi connectivity index (χ4n) is 2.07. The maximum Gasteiger partial charge on any atom is 0.416 e. The van der Waals surface area contributed by atoms with Gasteiger partial charge in [-0.25, -0.2) is 4.79 Å². The van der Waals surface area contributed by atoms with Gasteiger partial charge in [-0.15, -0.1) is 0 Å². The van der Waals surface area contributed by atoms with E-state index < -0.39 is 36.1 Å². The van der Waals surface area contributed by atoms with Crippen molar-refractivity contribution in [2.45, 2.75) is 25.5 Å². The van der Waals surface area contributed by atoms with Crippen LogP contribution in [0.3, 0.4) is 0 Å². The van der Waals surface area contributed by atoms with Crippen molar-refractivity contribution in [1.29, 1.82) is 0 Å². The van der Waals surface area contributed by atoms with Crippen molar-refractivity contribution in [3.05, 3.63) is 70.8 Å². The lowest BCUT2D eigenvalue weighted by molar-refractivity contribution is -0.143. The molecule has 0 saturated carbocycles. The fraction of sp³-hybridized carbons (Fsp3) is 0.235. The number of amides is 1. The number of benzene rings is 2. The van der Waals surface area contributed by atoms with Crippen LogP contribution < -0.4 is 5.32 Å². The Balaban J connectivity index is 2.05. The number of carbonyl (C=O) groups is 1. The fourth-order valence-corrected chi connectivity index (χ4v) is 2.07. The first-order chi connectivity index (χ1) is 12.1. The zero-order valence-electron chi connectivity index (χ0n) is 13.1. The zero-order valence-corrected chi connectivity index (χ0v) is 13.1. The van der Waals surface area contributed by atoms with Crippen molar-refractivity contribution in [3.63, 3.8) is 0 Å². The van der Waals surface area contributed by atoms with Crippen LogP contribution in [-0.2, 0) is 30.2 Å². The van der Waals surface area contributed by atoms with Crippen molar-refractivity contribution in [1.82, 2.24) is 5.32 Å². The summed E-state index contributed by atoms with van der Waals surface area (Å²) in [5.41, 5.74) is -2.55. The third kappa shape index (κ3) is 5.68. The second kappa shape index (κ2) is 7.67. The van der Waals surface area contributed by atoms with Crippen LogP contribution in [0.5, 0.6) is 0 Å². The Labute approximate surface area is 144 Å². The van der Waals surface area contributed by atoms with Crippen molar-refractivity contribution in [2.24, 2.45) is 0 Å². The Bertz CT molecular complexity index is 724. The molecule has 0 aromatic heterocycles. The van der Waals surface area contributed by atoms with Gasteiger partial charge in [-0.05, 0) is 29.3 Å². The molecule has 0 bridgehead atoms. The molecule has 0 heterocycles. The zero-order chi connectivity index (χ0) is 19.4. The van der Waals surface area contributed by atoms with Gasteiger partial charge in [-0.1, -0.05) is 30.3 Å². The van der Waals surface area contributed by atoms with Crippen LogP contribution in [0, 0.1) is 0 Å². The van der Waals surface area contributed by atoms with E-state index in [1.165, 1.54) is 0 Å². The minimum atomic E-state index is -4.94. The summed E-state index contributed by atoms with van der Waals surface area (Å²) in [6.07, 6.45) is -10.8. The molecule has 0 aliphatic heterocycles. The number of hydrogen-bond donors (Lipinski definition) is 1. The summed E-state index contributed by atoms with van der Waals surface area (Å²) in [4.78, 5) is 11.6. The second-order valence-corrected chi connectivity index (χ2v) is 5.33. The molecule has 26 heavy (non-hydrogen) atoms. The summed E-state index contributed by atoms with van der Waals surface area (Å²) < 4.78 is 81.4. The summed E-state index contributed by atoms with van der Waals surface area (Å²) in [5.74, 6) is 0. The molecule has 0 aliphatic rings. The number of alkyl carbamates (subject to hydrolysis) is 1. The van der Waals surface area contributed by atoms with Crippen LogP contribution in [-0.4, -0.2) is 6.09 Å². The normalized spacial score (nSPS) is 11.9. The maximum atomic E-state index is 12.8. The van der Waals surface area contributed by atoms with E-state index in [1.54, 1.807) is 30.3 Å². The third-order valence-electron chi connectivity index (χ3n) is 3.30. The predicted molar refractivity (Wildman–Crippen MR) is 79.9 cm³/mol. The quantitative estimate of drug-likeness (QED) is 0.749. The van der Waals surface area contributed by atoms with Crippen LogP contribution in [0.4, 0.5) is 31.1 Å². The van der Waals surface area contributed by atoms with E-state index in [0.29, 0.717) is 17.7 Å². The largest absolute Gasteiger partial charge is 0.445 e. The average Bonchev–Trinajstić information content (AvgIpc) is 2.57. The topological polar surface area (TPSA) is 38.3 Å². The van der Waals surface area contributed by atoms with Gasteiger partial charge in [0.15, 0.2) is 0 Å². The van der Waals surface area contributed by atoms with E-state index in [-0.39, 0.29) is 18.2 Å². The van der Waals surface area contributed by atoms with Gasteiger partial charge in [0.25, 0.3) is 0 Å². The van der Waals surface area contributed by atoms with E-state index in [4.69, 9.17) is 4.74 Å². The monoisotopic (exact) mass is 377 g/mol. The minimum Gasteiger partial charge on any atom is -0.445 e. The molecule has 1 N–H and O–H groups in total. The Morgan fingerprint density at radius 2 is 1.38 bits per heavy atom. The van der Waals surface area contributed by atoms with E-state index in [2.05, 4.69) is 5.32 Å². The molecule has 0 fully saturated rings. The first kappa shape index (κ1) is 19.6. The number of rotatable bonds is 4. The van der Waals surface area contributed by atoms with Gasteiger partial charge in [0.1, 0.15) is 6.61 Å². The molecule has 0 atom stereocenters. The van der Waals surface area contributed by atoms with E-state index >= 15 is 0 Å². The summed E-state index contributed by atoms with van der Waals surface area (Å²) in [6, 6.07) is 9.70. The molecule has 2 aromatic rings. The predicted octanol–water partition coefficient (Wildman–Crippen LogP) is 5.15. The number of hydrogen-bond acceptors (Lipinski definition) is 2. The first-order valence-electron chi connectivity index (χ1n) is 7.28. The van der Waals surface area contributed by atoms with Crippen LogP contribution in [0.2, 0.25) is 0 Å². The maximum absolute atomic E-state index is 12.8. The smallest absolute Gasteiger partial charge is 0.416 e. The second-order valence-electron chi connectivity index (χ2n) is 5.33. The van der Waals surface area contributed by atoms with Crippen molar-refractivity contribution in [2.75, 3.05) is 0 Å². The van der Waals surface area contributed by atoms with Crippen LogP contribution in [0.1, 0.15) is 22.3 Å². The Hall–Kier alpha value is -2.71. The molecule has 9 heteroatoms. The summed E-state index contributed by atoms with van der Waals surface area (Å²) in [6.45, 7) is -0.621. The van der Waals surface area contributed by atoms with Gasteiger partial charge in [0, 0.05) is 6.54 Å². The van der Waals surface area contributed by atoms with E-state index in [9.17, 15) is 31.1 Å². The number of carbonyl (C=O) groups excluding carboxylic acids is 1. The lowest BCUT2D eigenvalue weighted by atomic mass is 10.0. The van der Waals surface area contributed by atoms with Crippen molar-refractivity contribution >= 4 is 6.09 Å². The molecule has 140 valence electrons. The first-order valence-corrected chi connectivity index (χ1v) is 7.28. The molecule has 0 unspecified atom stereocenters. The van der Waals surface area contributed by atoms with E-state index in [0.717, 1.165) is 0 Å². The van der Waals surface area contributed by atoms with Crippen LogP contribution in [0.25, 0.3) is 0 Å². The Morgan fingerprint density at radius 3 is 1.88 bits per heavy atom. The lowest BCUT2D eigenvalue weighted by Gasteiger charge is -2.14. The average molecular weight is 377 g/mol. The molecule has 1 amide bonds. The highest BCUT2D eigenvalue weighted by molar-refractivity contribution is 5.67. The van der Waals surface area contributed by atoms with Gasteiger partial charge in [-0.3, -0.25) is 0 Å². The standard InChI is InChI=1S/C17H13F6NO2/c18-16(19,20)13-6-12(7-14(8-13)17(21,22)23)9-24-15(25)26-10-11-4-2-1-3-5-11/h1-8H,9-10H2,(H,24,25). The highest BCUT2D eigenvalue weighted by atomic mass is 19.4. The van der Waals surface area contributed by atoms with Gasteiger partial charge in [-0.2, -0.15) is 26.3 Å². The number of nitrogens with one attached hydrogen (secondary N) is 1. The molecule has 0 radical (unpaired) electrons. The SMILES string of the molecule is O=C(NCc1cc(C(F)(F)F)cc(C(F)(F)F)c1)OCc1ccccc1. The summed E-state index contributed by atoms with van der Waals surface area (Å²) in [5, 5.41) is 2.13. The van der Waals surface area contributed by atoms with Crippen molar-refractivity contribution < 1.29 is 35.9 Å². The van der Waals surface area contributed by atoms with Gasteiger partial charge in [0.2, 0.25) is 0 Å². The summed E-state index contributed by atoms with van der Waals surface area (Å²) >= 11 is 0. The summed E-state index contributed by atoms with van der Waals surface area (Å²) in [7, 11) is 0. The van der Waals surface area contributed by atoms with Gasteiger partial charge in [0.05, 0.1) is 11.1 Å². The molecule has 2 rings (SSSR count). The van der Waals surface area contributed by atoms with Gasteiger partial charge < -0.3 is 10.1 Å². The van der Waals surface area contributed by atoms with Crippen LogP contribution in [0.15, 0.2) is 48.5 Å². The number of halogens is 6. The number of ether oxygens (including phenoxy) is 1. The highest BCUT2D eigenvalue weighted by Gasteiger charge is 2.36. The molecule has 0 spiro atoms. The third-order valence-corrected chi connectivity index (χ3v) is 3.30. The Kier molecular flexibility index (Phi) is 5.79. The molecular formula is C17H13F6NO2. The Morgan fingerprint density at radius 1 is 0.846 bits per heavy atom. The van der Waals surface area contributed by atoms with Crippen LogP contribution >= 0.6 is 0 Å². The van der Waals surface area contributed by atoms with Gasteiger partial charge >= 0.3 is 18.4 Å². The lowest BCUT2D eigenvalue weighted by Crippen LogP contribution is -2.24. The minimum absolute atomic E-state index is 0.0250. The molecule has 0 aliphatic carbocycles. The highest BCUT2D eigenvalue weighted by Crippen LogP contribution is 2.36. The molecule has 3 nitrogen and oxygen atoms in total. The number of alkyl halides is 6. The van der Waals surface area contributed by atoms with Crippen molar-refractivity contribution in [3.8, 4) is 0 Å². The molecule has 0 saturated heterocycles. The molecule has 2 aromatic carbocycles.